The van der Waals surface area contributed by atoms with E-state index in [0.29, 0.717) is 12.0 Å². The van der Waals surface area contributed by atoms with E-state index in [-0.39, 0.29) is 12.4 Å². The van der Waals surface area contributed by atoms with E-state index in [2.05, 4.69) is 10.6 Å². The highest BCUT2D eigenvalue weighted by atomic mass is 19.1. The number of nitrogens with one attached hydrogen (secondary N) is 2. The van der Waals surface area contributed by atoms with Crippen LogP contribution in [0.5, 0.6) is 0 Å². The number of carboxylic acids is 1. The third kappa shape index (κ3) is 4.40. The van der Waals surface area contributed by atoms with Crippen LogP contribution in [0, 0.1) is 5.82 Å². The Morgan fingerprint density at radius 2 is 2.06 bits per heavy atom. The number of aliphatic carboxylic acids is 1. The van der Waals surface area contributed by atoms with Gasteiger partial charge in [0, 0.05) is 6.54 Å². The van der Waals surface area contributed by atoms with E-state index >= 15 is 0 Å². The highest BCUT2D eigenvalue weighted by Crippen LogP contribution is 2.05. The van der Waals surface area contributed by atoms with E-state index in [4.69, 9.17) is 5.11 Å². The van der Waals surface area contributed by atoms with Crippen molar-refractivity contribution in [2.24, 2.45) is 0 Å². The maximum absolute atomic E-state index is 13.2. The van der Waals surface area contributed by atoms with Crippen LogP contribution in [0.2, 0.25) is 0 Å². The Bertz CT molecular complexity index is 437. The molecule has 0 aliphatic rings. The van der Waals surface area contributed by atoms with Crippen LogP contribution < -0.4 is 10.6 Å². The summed E-state index contributed by atoms with van der Waals surface area (Å²) < 4.78 is 13.2. The lowest BCUT2D eigenvalue weighted by Gasteiger charge is -2.10. The lowest BCUT2D eigenvalue weighted by Crippen LogP contribution is -2.44. The Kier molecular flexibility index (Phi) is 5.10. The van der Waals surface area contributed by atoms with Gasteiger partial charge < -0.3 is 15.7 Å². The number of benzene rings is 1. The Morgan fingerprint density at radius 1 is 1.39 bits per heavy atom. The van der Waals surface area contributed by atoms with Crippen molar-refractivity contribution in [1.29, 1.82) is 0 Å². The number of carboxylic acid groups (broad SMARTS) is 1. The Hall–Kier alpha value is -2.11. The molecule has 5 nitrogen and oxygen atoms in total. The van der Waals surface area contributed by atoms with E-state index in [1.807, 2.05) is 0 Å². The van der Waals surface area contributed by atoms with Crippen LogP contribution in [0.1, 0.15) is 12.5 Å². The molecule has 3 N–H and O–H groups in total. The van der Waals surface area contributed by atoms with Gasteiger partial charge in [0.05, 0.1) is 0 Å². The van der Waals surface area contributed by atoms with Crippen molar-refractivity contribution < 1.29 is 19.1 Å². The van der Waals surface area contributed by atoms with Crippen LogP contribution >= 0.6 is 0 Å². The average molecular weight is 254 g/mol. The molecule has 0 saturated carbocycles. The standard InChI is InChI=1S/C12H15FN2O3/c1-8(11(16)17)15-12(18)14-7-6-9-4-2-3-5-10(9)13/h2-5,8H,6-7H2,1H3,(H,16,17)(H2,14,15,18). The van der Waals surface area contributed by atoms with Crippen LogP contribution in [-0.4, -0.2) is 29.7 Å². The molecule has 0 spiro atoms. The van der Waals surface area contributed by atoms with Gasteiger partial charge in [-0.05, 0) is 25.0 Å². The summed E-state index contributed by atoms with van der Waals surface area (Å²) in [5.74, 6) is -1.43. The zero-order chi connectivity index (χ0) is 13.5. The largest absolute Gasteiger partial charge is 0.480 e. The summed E-state index contributed by atoms with van der Waals surface area (Å²) in [6, 6.07) is 4.74. The number of rotatable bonds is 5. The number of carbonyl (C=O) groups excluding carboxylic acids is 1. The Balaban J connectivity index is 2.32. The molecular formula is C12H15FN2O3. The van der Waals surface area contributed by atoms with E-state index < -0.39 is 18.0 Å². The first-order valence-corrected chi connectivity index (χ1v) is 5.51. The van der Waals surface area contributed by atoms with Crippen molar-refractivity contribution in [2.75, 3.05) is 6.54 Å². The molecule has 0 aromatic heterocycles. The normalized spacial score (nSPS) is 11.7. The van der Waals surface area contributed by atoms with Crippen LogP contribution in [0.25, 0.3) is 0 Å². The Morgan fingerprint density at radius 3 is 2.67 bits per heavy atom. The predicted molar refractivity (Wildman–Crippen MR) is 63.7 cm³/mol. The molecule has 1 aromatic carbocycles. The van der Waals surface area contributed by atoms with E-state index in [0.717, 1.165) is 0 Å². The summed E-state index contributed by atoms with van der Waals surface area (Å²) in [4.78, 5) is 21.7. The summed E-state index contributed by atoms with van der Waals surface area (Å²) in [5.41, 5.74) is 0.504. The molecule has 1 rings (SSSR count). The lowest BCUT2D eigenvalue weighted by molar-refractivity contribution is -0.138. The minimum absolute atomic E-state index is 0.235. The van der Waals surface area contributed by atoms with E-state index in [1.54, 1.807) is 18.2 Å². The molecule has 0 aliphatic carbocycles. The molecule has 6 heteroatoms. The average Bonchev–Trinajstić information content (AvgIpc) is 2.31. The van der Waals surface area contributed by atoms with Crippen molar-refractivity contribution in [3.63, 3.8) is 0 Å². The van der Waals surface area contributed by atoms with Gasteiger partial charge in [0.15, 0.2) is 0 Å². The van der Waals surface area contributed by atoms with Gasteiger partial charge in [-0.1, -0.05) is 18.2 Å². The first-order chi connectivity index (χ1) is 8.50. The highest BCUT2D eigenvalue weighted by Gasteiger charge is 2.13. The molecule has 0 saturated heterocycles. The summed E-state index contributed by atoms with van der Waals surface area (Å²) in [6.07, 6.45) is 0.349. The van der Waals surface area contributed by atoms with Crippen LogP contribution in [0.4, 0.5) is 9.18 Å². The fourth-order valence-electron chi connectivity index (χ4n) is 1.32. The molecule has 2 amide bonds. The number of amides is 2. The number of carbonyl (C=O) groups is 2. The molecule has 1 aromatic rings. The van der Waals surface area contributed by atoms with Gasteiger partial charge >= 0.3 is 12.0 Å². The van der Waals surface area contributed by atoms with Crippen molar-refractivity contribution >= 4 is 12.0 Å². The van der Waals surface area contributed by atoms with Crippen molar-refractivity contribution in [2.45, 2.75) is 19.4 Å². The molecule has 0 heterocycles. The van der Waals surface area contributed by atoms with Gasteiger partial charge in [0.2, 0.25) is 0 Å². The third-order valence-electron chi connectivity index (χ3n) is 2.36. The van der Waals surface area contributed by atoms with Crippen LogP contribution in [0.15, 0.2) is 24.3 Å². The highest BCUT2D eigenvalue weighted by molar-refractivity contribution is 5.82. The van der Waals surface area contributed by atoms with Crippen LogP contribution in [-0.2, 0) is 11.2 Å². The second kappa shape index (κ2) is 6.58. The Labute approximate surface area is 104 Å². The predicted octanol–water partition coefficient (Wildman–Crippen LogP) is 1.14. The summed E-state index contributed by atoms with van der Waals surface area (Å²) in [5, 5.41) is 13.3. The zero-order valence-corrected chi connectivity index (χ0v) is 9.94. The van der Waals surface area contributed by atoms with Gasteiger partial charge in [0.25, 0.3) is 0 Å². The lowest BCUT2D eigenvalue weighted by atomic mass is 10.1. The SMILES string of the molecule is CC(NC(=O)NCCc1ccccc1F)C(=O)O. The second-order valence-corrected chi connectivity index (χ2v) is 3.80. The summed E-state index contributed by atoms with van der Waals surface area (Å²) in [7, 11) is 0. The molecule has 1 atom stereocenters. The smallest absolute Gasteiger partial charge is 0.325 e. The fraction of sp³-hybridized carbons (Fsp3) is 0.333. The summed E-state index contributed by atoms with van der Waals surface area (Å²) >= 11 is 0. The monoisotopic (exact) mass is 254 g/mol. The third-order valence-corrected chi connectivity index (χ3v) is 2.36. The maximum Gasteiger partial charge on any atom is 0.325 e. The van der Waals surface area contributed by atoms with Gasteiger partial charge in [-0.15, -0.1) is 0 Å². The molecular weight excluding hydrogens is 239 g/mol. The van der Waals surface area contributed by atoms with Gasteiger partial charge in [-0.25, -0.2) is 9.18 Å². The van der Waals surface area contributed by atoms with Gasteiger partial charge in [-0.2, -0.15) is 0 Å². The quantitative estimate of drug-likeness (QED) is 0.737. The topological polar surface area (TPSA) is 78.4 Å². The van der Waals surface area contributed by atoms with Gasteiger partial charge in [-0.3, -0.25) is 4.79 Å². The molecule has 0 radical (unpaired) electrons. The number of hydrogen-bond donors (Lipinski definition) is 3. The van der Waals surface area contributed by atoms with Crippen molar-refractivity contribution in [3.8, 4) is 0 Å². The molecule has 18 heavy (non-hydrogen) atoms. The second-order valence-electron chi connectivity index (χ2n) is 3.80. The first-order valence-electron chi connectivity index (χ1n) is 5.51. The molecule has 0 aliphatic heterocycles. The minimum atomic E-state index is -1.11. The number of hydrogen-bond acceptors (Lipinski definition) is 2. The van der Waals surface area contributed by atoms with E-state index in [9.17, 15) is 14.0 Å². The zero-order valence-electron chi connectivity index (χ0n) is 9.94. The number of halogens is 1. The van der Waals surface area contributed by atoms with E-state index in [1.165, 1.54) is 13.0 Å². The molecule has 0 bridgehead atoms. The number of urea groups is 1. The van der Waals surface area contributed by atoms with Gasteiger partial charge in [0.1, 0.15) is 11.9 Å². The first kappa shape index (κ1) is 14.0. The molecule has 0 fully saturated rings. The van der Waals surface area contributed by atoms with Crippen molar-refractivity contribution in [1.82, 2.24) is 10.6 Å². The fourth-order valence-corrected chi connectivity index (χ4v) is 1.32. The minimum Gasteiger partial charge on any atom is -0.480 e. The summed E-state index contributed by atoms with van der Waals surface area (Å²) in [6.45, 7) is 1.60. The van der Waals surface area contributed by atoms with Crippen molar-refractivity contribution in [3.05, 3.63) is 35.6 Å². The maximum atomic E-state index is 13.2. The molecule has 98 valence electrons. The van der Waals surface area contributed by atoms with Crippen LogP contribution in [0.3, 0.4) is 0 Å². The molecule has 1 unspecified atom stereocenters.